The number of ether oxygens (including phenoxy) is 1. The van der Waals surface area contributed by atoms with Crippen LogP contribution in [0.2, 0.25) is 0 Å². The van der Waals surface area contributed by atoms with Crippen molar-refractivity contribution in [2.24, 2.45) is 0 Å². The molecule has 4 rings (SSSR count). The summed E-state index contributed by atoms with van der Waals surface area (Å²) in [7, 11) is 1.57. The lowest BCUT2D eigenvalue weighted by Gasteiger charge is -2.10. The number of carbonyl (C=O) groups is 1. The van der Waals surface area contributed by atoms with Gasteiger partial charge >= 0.3 is 0 Å². The van der Waals surface area contributed by atoms with Crippen LogP contribution >= 0.6 is 11.8 Å². The number of nitrogens with one attached hydrogen (secondary N) is 2. The largest absolute Gasteiger partial charge is 0.494 e. The van der Waals surface area contributed by atoms with Crippen molar-refractivity contribution in [2.45, 2.75) is 19.0 Å². The molecule has 0 radical (unpaired) electrons. The minimum absolute atomic E-state index is 0.102. The molecule has 2 aromatic heterocycles. The Balaban J connectivity index is 1.57. The average molecular weight is 436 g/mol. The van der Waals surface area contributed by atoms with Crippen molar-refractivity contribution in [3.8, 4) is 11.4 Å². The molecule has 0 saturated heterocycles. The molecule has 0 aliphatic heterocycles. The molecule has 0 fully saturated rings. The quantitative estimate of drug-likeness (QED) is 0.355. The third kappa shape index (κ3) is 4.31. The zero-order valence-corrected chi connectivity index (χ0v) is 18.1. The van der Waals surface area contributed by atoms with E-state index >= 15 is 0 Å². The van der Waals surface area contributed by atoms with Gasteiger partial charge in [0, 0.05) is 5.69 Å². The Morgan fingerprint density at radius 3 is 2.81 bits per heavy atom. The molecule has 9 heteroatoms. The Kier molecular flexibility index (Phi) is 5.77. The predicted molar refractivity (Wildman–Crippen MR) is 121 cm³/mol. The van der Waals surface area contributed by atoms with E-state index in [0.717, 1.165) is 28.6 Å². The number of para-hydroxylation sites is 2. The molecule has 0 aliphatic rings. The third-order valence-corrected chi connectivity index (χ3v) is 5.60. The van der Waals surface area contributed by atoms with Crippen molar-refractivity contribution in [1.82, 2.24) is 19.7 Å². The Labute approximate surface area is 182 Å². The zero-order valence-electron chi connectivity index (χ0n) is 17.3. The molecule has 31 heavy (non-hydrogen) atoms. The van der Waals surface area contributed by atoms with Crippen LogP contribution in [0, 0.1) is 13.8 Å². The molecule has 0 unspecified atom stereocenters. The van der Waals surface area contributed by atoms with Gasteiger partial charge in [-0.3, -0.25) is 9.59 Å². The molecule has 8 nitrogen and oxygen atoms in total. The van der Waals surface area contributed by atoms with E-state index in [1.54, 1.807) is 11.8 Å². The summed E-state index contributed by atoms with van der Waals surface area (Å²) in [6, 6.07) is 13.2. The summed E-state index contributed by atoms with van der Waals surface area (Å²) < 4.78 is 6.96. The van der Waals surface area contributed by atoms with Crippen LogP contribution in [0.1, 0.15) is 11.1 Å². The molecule has 158 valence electrons. The number of rotatable bonds is 6. The van der Waals surface area contributed by atoms with E-state index in [1.807, 2.05) is 56.3 Å². The van der Waals surface area contributed by atoms with E-state index in [9.17, 15) is 9.59 Å². The molecular formula is C22H21N5O3S. The standard InChI is InChI=1S/C22H21N5O3S/c1-13-8-9-16(14(2)10-13)24-19(28)12-31-22-25-20-15(21(29)26-22)11-23-27(20)17-6-4-5-7-18(17)30-3/h4-11H,12H2,1-3H3,(H,24,28)(H,25,26,29). The van der Waals surface area contributed by atoms with Crippen LogP contribution < -0.4 is 15.6 Å². The SMILES string of the molecule is COc1ccccc1-n1ncc2c(=O)[nH]c(SCC(=O)Nc3ccc(C)cc3C)nc21. The first-order chi connectivity index (χ1) is 15.0. The van der Waals surface area contributed by atoms with Gasteiger partial charge in [0.2, 0.25) is 5.91 Å². The van der Waals surface area contributed by atoms with Crippen LogP contribution in [0.15, 0.2) is 58.6 Å². The van der Waals surface area contributed by atoms with E-state index in [0.29, 0.717) is 27.6 Å². The molecular weight excluding hydrogens is 414 g/mol. The number of benzene rings is 2. The molecule has 0 bridgehead atoms. The van der Waals surface area contributed by atoms with Crippen LogP contribution in [0.25, 0.3) is 16.7 Å². The lowest BCUT2D eigenvalue weighted by molar-refractivity contribution is -0.113. The minimum Gasteiger partial charge on any atom is -0.494 e. The Hall–Kier alpha value is -3.59. The number of fused-ring (bicyclic) bond motifs is 1. The third-order valence-electron chi connectivity index (χ3n) is 4.73. The Morgan fingerprint density at radius 2 is 2.03 bits per heavy atom. The van der Waals surface area contributed by atoms with Gasteiger partial charge in [-0.2, -0.15) is 5.10 Å². The van der Waals surface area contributed by atoms with E-state index in [1.165, 1.54) is 6.20 Å². The average Bonchev–Trinajstić information content (AvgIpc) is 3.18. The summed E-state index contributed by atoms with van der Waals surface area (Å²) in [6.45, 7) is 3.95. The van der Waals surface area contributed by atoms with Gasteiger partial charge < -0.3 is 15.0 Å². The van der Waals surface area contributed by atoms with Gasteiger partial charge in [0.15, 0.2) is 10.8 Å². The van der Waals surface area contributed by atoms with Gasteiger partial charge in [-0.05, 0) is 37.6 Å². The van der Waals surface area contributed by atoms with Gasteiger partial charge in [0.25, 0.3) is 5.56 Å². The predicted octanol–water partition coefficient (Wildman–Crippen LogP) is 3.47. The van der Waals surface area contributed by atoms with Gasteiger partial charge in [0.1, 0.15) is 16.8 Å². The van der Waals surface area contributed by atoms with Gasteiger partial charge in [-0.15, -0.1) is 0 Å². The number of aryl methyl sites for hydroxylation is 2. The summed E-state index contributed by atoms with van der Waals surface area (Å²) in [5.74, 6) is 0.527. The molecule has 0 atom stereocenters. The molecule has 2 N–H and O–H groups in total. The molecule has 0 aliphatic carbocycles. The minimum atomic E-state index is -0.316. The Bertz CT molecular complexity index is 1330. The first-order valence-electron chi connectivity index (χ1n) is 9.57. The lowest BCUT2D eigenvalue weighted by Crippen LogP contribution is -2.16. The zero-order chi connectivity index (χ0) is 22.0. The second-order valence-corrected chi connectivity index (χ2v) is 7.96. The molecule has 0 spiro atoms. The summed E-state index contributed by atoms with van der Waals surface area (Å²) in [6.07, 6.45) is 1.47. The molecule has 0 saturated carbocycles. The van der Waals surface area contributed by atoms with Crippen molar-refractivity contribution in [3.05, 3.63) is 70.1 Å². The van der Waals surface area contributed by atoms with Crippen molar-refractivity contribution in [1.29, 1.82) is 0 Å². The van der Waals surface area contributed by atoms with E-state index in [4.69, 9.17) is 4.74 Å². The molecule has 2 heterocycles. The van der Waals surface area contributed by atoms with Crippen LogP contribution in [0.3, 0.4) is 0 Å². The summed E-state index contributed by atoms with van der Waals surface area (Å²) >= 11 is 1.15. The first-order valence-corrected chi connectivity index (χ1v) is 10.6. The monoisotopic (exact) mass is 435 g/mol. The van der Waals surface area contributed by atoms with Crippen LogP contribution in [-0.2, 0) is 4.79 Å². The summed E-state index contributed by atoms with van der Waals surface area (Å²) in [5.41, 5.74) is 3.64. The smallest absolute Gasteiger partial charge is 0.262 e. The number of nitrogens with zero attached hydrogens (tertiary/aromatic N) is 3. The summed E-state index contributed by atoms with van der Waals surface area (Å²) in [4.78, 5) is 32.2. The number of H-pyrrole nitrogens is 1. The van der Waals surface area contributed by atoms with Gasteiger partial charge in [-0.1, -0.05) is 41.6 Å². The van der Waals surface area contributed by atoms with Gasteiger partial charge in [-0.25, -0.2) is 9.67 Å². The number of amides is 1. The maximum absolute atomic E-state index is 12.5. The molecule has 4 aromatic rings. The number of carbonyl (C=O) groups excluding carboxylic acids is 1. The second-order valence-electron chi connectivity index (χ2n) is 6.99. The maximum atomic E-state index is 12.5. The summed E-state index contributed by atoms with van der Waals surface area (Å²) in [5, 5.41) is 7.90. The number of thioether (sulfide) groups is 1. The van der Waals surface area contributed by atoms with E-state index in [-0.39, 0.29) is 17.2 Å². The first kappa shape index (κ1) is 20.7. The molecule has 2 aromatic carbocycles. The number of methoxy groups -OCH3 is 1. The van der Waals surface area contributed by atoms with Crippen LogP contribution in [0.4, 0.5) is 5.69 Å². The highest BCUT2D eigenvalue weighted by atomic mass is 32.2. The van der Waals surface area contributed by atoms with Crippen molar-refractivity contribution < 1.29 is 9.53 Å². The number of hydrogen-bond acceptors (Lipinski definition) is 6. The van der Waals surface area contributed by atoms with Crippen LogP contribution in [-0.4, -0.2) is 38.5 Å². The van der Waals surface area contributed by atoms with E-state index < -0.39 is 0 Å². The topological polar surface area (TPSA) is 102 Å². The maximum Gasteiger partial charge on any atom is 0.262 e. The fraction of sp³-hybridized carbons (Fsp3) is 0.182. The van der Waals surface area contributed by atoms with Crippen molar-refractivity contribution in [3.63, 3.8) is 0 Å². The second kappa shape index (κ2) is 8.65. The van der Waals surface area contributed by atoms with Crippen molar-refractivity contribution in [2.75, 3.05) is 18.2 Å². The fourth-order valence-corrected chi connectivity index (χ4v) is 3.88. The highest BCUT2D eigenvalue weighted by Crippen LogP contribution is 2.25. The normalized spacial score (nSPS) is 10.9. The molecule has 1 amide bonds. The number of aromatic nitrogens is 4. The Morgan fingerprint density at radius 1 is 1.23 bits per heavy atom. The lowest BCUT2D eigenvalue weighted by atomic mass is 10.1. The number of aromatic amines is 1. The van der Waals surface area contributed by atoms with Crippen LogP contribution in [0.5, 0.6) is 5.75 Å². The number of hydrogen-bond donors (Lipinski definition) is 2. The highest BCUT2D eigenvalue weighted by Gasteiger charge is 2.15. The fourth-order valence-electron chi connectivity index (χ4n) is 3.22. The highest BCUT2D eigenvalue weighted by molar-refractivity contribution is 7.99. The van der Waals surface area contributed by atoms with Crippen molar-refractivity contribution >= 4 is 34.4 Å². The van der Waals surface area contributed by atoms with Gasteiger partial charge in [0.05, 0.1) is 19.1 Å². The number of anilines is 1. The van der Waals surface area contributed by atoms with E-state index in [2.05, 4.69) is 20.4 Å².